The Labute approximate surface area is 117 Å². The zero-order valence-electron chi connectivity index (χ0n) is 11.5. The van der Waals surface area contributed by atoms with Crippen LogP contribution < -0.4 is 0 Å². The van der Waals surface area contributed by atoms with Gasteiger partial charge in [0.25, 0.3) is 0 Å². The maximum absolute atomic E-state index is 10.7. The lowest BCUT2D eigenvalue weighted by Gasteiger charge is -2.16. The summed E-state index contributed by atoms with van der Waals surface area (Å²) in [6, 6.07) is 13.5. The van der Waals surface area contributed by atoms with E-state index in [1.54, 1.807) is 6.20 Å². The maximum Gasteiger partial charge on any atom is 0.106 e. The summed E-state index contributed by atoms with van der Waals surface area (Å²) >= 11 is 0. The second kappa shape index (κ2) is 5.02. The van der Waals surface area contributed by atoms with Gasteiger partial charge in [-0.3, -0.25) is 9.97 Å². The first kappa shape index (κ1) is 12.8. The highest BCUT2D eigenvalue weighted by molar-refractivity contribution is 5.82. The van der Waals surface area contributed by atoms with E-state index in [4.69, 9.17) is 0 Å². The van der Waals surface area contributed by atoms with Gasteiger partial charge in [0.1, 0.15) is 6.10 Å². The van der Waals surface area contributed by atoms with Crippen molar-refractivity contribution >= 4 is 10.9 Å². The first-order chi connectivity index (χ1) is 9.66. The van der Waals surface area contributed by atoms with Crippen molar-refractivity contribution in [2.24, 2.45) is 0 Å². The molecule has 0 radical (unpaired) electrons. The number of aromatic nitrogens is 2. The third-order valence-corrected chi connectivity index (χ3v) is 3.53. The Morgan fingerprint density at radius 1 is 0.950 bits per heavy atom. The van der Waals surface area contributed by atoms with Crippen molar-refractivity contribution in [2.45, 2.75) is 20.0 Å². The SMILES string of the molecule is Cc1ccc(C(O)c2cccc3ncccc23)c(C)n1. The van der Waals surface area contributed by atoms with Gasteiger partial charge in [0.15, 0.2) is 0 Å². The molecule has 1 N–H and O–H groups in total. The maximum atomic E-state index is 10.7. The molecule has 3 heteroatoms. The number of rotatable bonds is 2. The lowest BCUT2D eigenvalue weighted by Crippen LogP contribution is -2.05. The second-order valence-electron chi connectivity index (χ2n) is 4.95. The molecule has 0 saturated carbocycles. The van der Waals surface area contributed by atoms with E-state index in [2.05, 4.69) is 9.97 Å². The summed E-state index contributed by atoms with van der Waals surface area (Å²) in [7, 11) is 0. The zero-order chi connectivity index (χ0) is 14.1. The molecule has 20 heavy (non-hydrogen) atoms. The molecule has 3 aromatic rings. The quantitative estimate of drug-likeness (QED) is 0.772. The van der Waals surface area contributed by atoms with Gasteiger partial charge in [0.05, 0.1) is 5.52 Å². The summed E-state index contributed by atoms with van der Waals surface area (Å²) in [6.07, 6.45) is 1.08. The number of benzene rings is 1. The average molecular weight is 264 g/mol. The number of aryl methyl sites for hydroxylation is 2. The number of hydrogen-bond acceptors (Lipinski definition) is 3. The van der Waals surface area contributed by atoms with Gasteiger partial charge in [0, 0.05) is 28.5 Å². The molecule has 0 aliphatic rings. The van der Waals surface area contributed by atoms with Crippen LogP contribution in [0.25, 0.3) is 10.9 Å². The van der Waals surface area contributed by atoms with Gasteiger partial charge >= 0.3 is 0 Å². The minimum atomic E-state index is -0.684. The van der Waals surface area contributed by atoms with Gasteiger partial charge in [-0.1, -0.05) is 24.3 Å². The molecule has 1 aromatic carbocycles. The van der Waals surface area contributed by atoms with Crippen molar-refractivity contribution < 1.29 is 5.11 Å². The van der Waals surface area contributed by atoms with Gasteiger partial charge in [-0.15, -0.1) is 0 Å². The van der Waals surface area contributed by atoms with Gasteiger partial charge in [-0.25, -0.2) is 0 Å². The Morgan fingerprint density at radius 2 is 1.80 bits per heavy atom. The van der Waals surface area contributed by atoms with Crippen molar-refractivity contribution in [1.29, 1.82) is 0 Å². The Morgan fingerprint density at radius 3 is 2.60 bits per heavy atom. The molecule has 0 aliphatic heterocycles. The van der Waals surface area contributed by atoms with Crippen LogP contribution in [0.3, 0.4) is 0 Å². The van der Waals surface area contributed by atoms with E-state index in [-0.39, 0.29) is 0 Å². The Balaban J connectivity index is 2.15. The zero-order valence-corrected chi connectivity index (χ0v) is 11.5. The highest BCUT2D eigenvalue weighted by Crippen LogP contribution is 2.29. The van der Waals surface area contributed by atoms with Crippen molar-refractivity contribution in [3.8, 4) is 0 Å². The smallest absolute Gasteiger partial charge is 0.106 e. The molecule has 0 spiro atoms. The number of fused-ring (bicyclic) bond motifs is 1. The molecule has 0 aliphatic carbocycles. The average Bonchev–Trinajstić information content (AvgIpc) is 2.46. The van der Waals surface area contributed by atoms with Gasteiger partial charge in [-0.05, 0) is 37.6 Å². The summed E-state index contributed by atoms with van der Waals surface area (Å²) in [5.74, 6) is 0. The van der Waals surface area contributed by atoms with Gasteiger partial charge < -0.3 is 5.11 Å². The molecule has 1 unspecified atom stereocenters. The summed E-state index contributed by atoms with van der Waals surface area (Å²) in [5.41, 5.74) is 4.41. The van der Waals surface area contributed by atoms with Crippen molar-refractivity contribution in [1.82, 2.24) is 9.97 Å². The lowest BCUT2D eigenvalue weighted by atomic mass is 9.96. The van der Waals surface area contributed by atoms with Gasteiger partial charge in [-0.2, -0.15) is 0 Å². The van der Waals surface area contributed by atoms with Crippen molar-refractivity contribution in [3.05, 3.63) is 71.2 Å². The van der Waals surface area contributed by atoms with Crippen LogP contribution in [-0.2, 0) is 0 Å². The molecule has 0 amide bonds. The monoisotopic (exact) mass is 264 g/mol. The lowest BCUT2D eigenvalue weighted by molar-refractivity contribution is 0.220. The minimum absolute atomic E-state index is 0.684. The minimum Gasteiger partial charge on any atom is -0.384 e. The van der Waals surface area contributed by atoms with E-state index in [9.17, 15) is 5.11 Å². The van der Waals surface area contributed by atoms with Crippen molar-refractivity contribution in [2.75, 3.05) is 0 Å². The van der Waals surface area contributed by atoms with Gasteiger partial charge in [0.2, 0.25) is 0 Å². The van der Waals surface area contributed by atoms with Crippen LogP contribution in [0.1, 0.15) is 28.6 Å². The molecular weight excluding hydrogens is 248 g/mol. The van der Waals surface area contributed by atoms with E-state index in [1.165, 1.54) is 0 Å². The van der Waals surface area contributed by atoms with E-state index in [0.717, 1.165) is 33.4 Å². The third kappa shape index (κ3) is 2.17. The molecule has 0 saturated heterocycles. The second-order valence-corrected chi connectivity index (χ2v) is 4.95. The number of hydrogen-bond donors (Lipinski definition) is 1. The van der Waals surface area contributed by atoms with Crippen LogP contribution in [0.2, 0.25) is 0 Å². The normalized spacial score (nSPS) is 12.6. The molecule has 2 aromatic heterocycles. The molecule has 1 atom stereocenters. The Kier molecular flexibility index (Phi) is 3.20. The number of pyridine rings is 2. The molecule has 3 rings (SSSR count). The van der Waals surface area contributed by atoms with Crippen LogP contribution >= 0.6 is 0 Å². The fourth-order valence-electron chi connectivity index (χ4n) is 2.52. The Bertz CT molecular complexity index is 763. The number of nitrogens with zero attached hydrogens (tertiary/aromatic N) is 2. The van der Waals surface area contributed by atoms with Crippen LogP contribution in [0.15, 0.2) is 48.7 Å². The molecule has 0 bridgehead atoms. The molecule has 3 nitrogen and oxygen atoms in total. The first-order valence-corrected chi connectivity index (χ1v) is 6.62. The van der Waals surface area contributed by atoms with Crippen LogP contribution in [-0.4, -0.2) is 15.1 Å². The van der Waals surface area contributed by atoms with Crippen LogP contribution in [0.4, 0.5) is 0 Å². The first-order valence-electron chi connectivity index (χ1n) is 6.62. The summed E-state index contributed by atoms with van der Waals surface area (Å²) in [6.45, 7) is 3.87. The molecule has 100 valence electrons. The molecule has 2 heterocycles. The third-order valence-electron chi connectivity index (χ3n) is 3.53. The van der Waals surface area contributed by atoms with E-state index in [1.807, 2.05) is 56.3 Å². The summed E-state index contributed by atoms with van der Waals surface area (Å²) in [4.78, 5) is 8.75. The molecule has 0 fully saturated rings. The summed E-state index contributed by atoms with van der Waals surface area (Å²) in [5, 5.41) is 11.7. The van der Waals surface area contributed by atoms with Crippen molar-refractivity contribution in [3.63, 3.8) is 0 Å². The number of aliphatic hydroxyl groups excluding tert-OH is 1. The Hall–Kier alpha value is -2.26. The van der Waals surface area contributed by atoms with E-state index >= 15 is 0 Å². The fourth-order valence-corrected chi connectivity index (χ4v) is 2.52. The standard InChI is InChI=1S/C17H16N2O/c1-11-8-9-13(12(2)19-11)17(20)15-5-3-7-16-14(15)6-4-10-18-16/h3-10,17,20H,1-2H3. The largest absolute Gasteiger partial charge is 0.384 e. The van der Waals surface area contributed by atoms with Crippen LogP contribution in [0.5, 0.6) is 0 Å². The fraction of sp³-hybridized carbons (Fsp3) is 0.176. The van der Waals surface area contributed by atoms with E-state index in [0.29, 0.717) is 0 Å². The van der Waals surface area contributed by atoms with E-state index < -0.39 is 6.10 Å². The highest BCUT2D eigenvalue weighted by atomic mass is 16.3. The highest BCUT2D eigenvalue weighted by Gasteiger charge is 2.16. The predicted octanol–water partition coefficient (Wildman–Crippen LogP) is 3.33. The topological polar surface area (TPSA) is 46.0 Å². The van der Waals surface area contributed by atoms with Crippen LogP contribution in [0, 0.1) is 13.8 Å². The summed E-state index contributed by atoms with van der Waals surface area (Å²) < 4.78 is 0. The number of aliphatic hydroxyl groups is 1. The molecular formula is C17H16N2O. The predicted molar refractivity (Wildman–Crippen MR) is 79.5 cm³/mol.